The smallest absolute Gasteiger partial charge is 0.145 e. The van der Waals surface area contributed by atoms with Crippen molar-refractivity contribution in [3.8, 4) is 17.1 Å². The summed E-state index contributed by atoms with van der Waals surface area (Å²) < 4.78 is 14.2. The standard InChI is InChI=1S/3C26H20N2.C20H20Si/c1-17-12-13-20-22-15-21-19-10-6-7-11-23(19)27(2)24(21)16-26(22)28(25(20)14-17)18-8-4-3-5-9-18;1-17-12-13-19-20-14-15-23-25(21-10-6-7-11-22(21)27(23)2)26(20)28(24(19)16-17)18-8-4-3-5-9-18;1-17-12-13-21-24(16-17)28(18-8-4-3-5-9-18)23-15-14-20-19-10-6-7-11-22(19)27(2)26(20)25(21)23;1-17-13-15-20(16-14-17)21(2,18-9-5-3-6-10-18)19-11-7-4-8-12-19/h3*3-16H,1-2H3;3-16H,1-2H3. The highest BCUT2D eigenvalue weighted by Crippen LogP contribution is 2.44. The lowest BCUT2D eigenvalue weighted by Gasteiger charge is -2.29. The Morgan fingerprint density at radius 2 is 0.524 bits per heavy atom. The Kier molecular flexibility index (Phi) is 15.9. The van der Waals surface area contributed by atoms with Gasteiger partial charge in [0.2, 0.25) is 0 Å². The molecular weight excluding hydrogens is 1290 g/mol. The third-order valence-electron chi connectivity index (χ3n) is 22.2. The van der Waals surface area contributed by atoms with Crippen molar-refractivity contribution in [2.24, 2.45) is 21.1 Å². The molecule has 0 N–H and O–H groups in total. The van der Waals surface area contributed by atoms with Gasteiger partial charge < -0.3 is 27.4 Å². The molecule has 0 bridgehead atoms. The maximum atomic E-state index is 2.45. The first kappa shape index (κ1) is 64.4. The number of aryl methyl sites for hydroxylation is 7. The molecule has 21 aromatic rings. The average Bonchev–Trinajstić information content (AvgIpc) is 1.56. The molecule has 0 spiro atoms. The van der Waals surface area contributed by atoms with Crippen LogP contribution in [-0.4, -0.2) is 35.5 Å². The predicted molar refractivity (Wildman–Crippen MR) is 453 cm³/mol. The Hall–Kier alpha value is -12.7. The molecule has 0 atom stereocenters. The molecule has 506 valence electrons. The molecule has 0 aliphatic carbocycles. The van der Waals surface area contributed by atoms with Crippen LogP contribution in [-0.2, 0) is 21.1 Å². The van der Waals surface area contributed by atoms with E-state index in [9.17, 15) is 0 Å². The van der Waals surface area contributed by atoms with Gasteiger partial charge in [-0.2, -0.15) is 0 Å². The van der Waals surface area contributed by atoms with E-state index < -0.39 is 8.07 Å². The molecule has 0 saturated heterocycles. The van der Waals surface area contributed by atoms with Gasteiger partial charge in [0.05, 0.1) is 49.7 Å². The van der Waals surface area contributed by atoms with Crippen molar-refractivity contribution in [1.82, 2.24) is 27.4 Å². The molecule has 6 aromatic heterocycles. The first-order valence-electron chi connectivity index (χ1n) is 36.5. The summed E-state index contributed by atoms with van der Waals surface area (Å²) in [7, 11) is 4.61. The van der Waals surface area contributed by atoms with E-state index in [-0.39, 0.29) is 0 Å². The quantitative estimate of drug-likeness (QED) is 0.117. The van der Waals surface area contributed by atoms with Gasteiger partial charge in [0.15, 0.2) is 0 Å². The first-order valence-corrected chi connectivity index (χ1v) is 39.0. The maximum absolute atomic E-state index is 2.45. The number of hydrogen-bond acceptors (Lipinski definition) is 0. The number of rotatable bonds is 6. The fraction of sp³-hybridized carbons (Fsp3) is 0.0816. The Bertz CT molecular complexity index is 6780. The van der Waals surface area contributed by atoms with Crippen LogP contribution < -0.4 is 15.6 Å². The Morgan fingerprint density at radius 3 is 1.08 bits per heavy atom. The molecule has 6 heterocycles. The molecule has 15 aromatic carbocycles. The summed E-state index contributed by atoms with van der Waals surface area (Å²) in [6.45, 7) is 11.1. The van der Waals surface area contributed by atoms with E-state index >= 15 is 0 Å². The zero-order valence-electron chi connectivity index (χ0n) is 60.5. The van der Waals surface area contributed by atoms with E-state index in [0.29, 0.717) is 0 Å². The highest BCUT2D eigenvalue weighted by molar-refractivity contribution is 7.10. The van der Waals surface area contributed by atoms with Gasteiger partial charge in [-0.3, -0.25) is 0 Å². The van der Waals surface area contributed by atoms with E-state index in [1.807, 2.05) is 0 Å². The summed E-state index contributed by atoms with van der Waals surface area (Å²) in [6.07, 6.45) is 0. The number of hydrogen-bond donors (Lipinski definition) is 0. The predicted octanol–water partition coefficient (Wildman–Crippen LogP) is 23.3. The summed E-state index contributed by atoms with van der Waals surface area (Å²) in [4.78, 5) is 0. The second-order valence-electron chi connectivity index (χ2n) is 28.6. The van der Waals surface area contributed by atoms with Crippen molar-refractivity contribution in [3.05, 3.63) is 362 Å². The van der Waals surface area contributed by atoms with Crippen LogP contribution in [0.3, 0.4) is 0 Å². The van der Waals surface area contributed by atoms with Gasteiger partial charge in [-0.1, -0.05) is 255 Å². The molecule has 0 unspecified atom stereocenters. The van der Waals surface area contributed by atoms with Crippen molar-refractivity contribution in [2.45, 2.75) is 34.2 Å². The third kappa shape index (κ3) is 10.7. The highest BCUT2D eigenvalue weighted by Gasteiger charge is 2.34. The van der Waals surface area contributed by atoms with Crippen molar-refractivity contribution >= 4 is 154 Å². The number of benzene rings is 15. The minimum atomic E-state index is -1.90. The van der Waals surface area contributed by atoms with Crippen molar-refractivity contribution < 1.29 is 0 Å². The zero-order valence-corrected chi connectivity index (χ0v) is 61.5. The van der Waals surface area contributed by atoms with Gasteiger partial charge >= 0.3 is 0 Å². The minimum absolute atomic E-state index is 1.20. The lowest BCUT2D eigenvalue weighted by atomic mass is 10.1. The first-order chi connectivity index (χ1) is 51.4. The second kappa shape index (κ2) is 26.0. The van der Waals surface area contributed by atoms with Crippen LogP contribution in [0, 0.1) is 27.7 Å². The van der Waals surface area contributed by atoms with Gasteiger partial charge in [-0.05, 0) is 157 Å². The van der Waals surface area contributed by atoms with E-state index in [4.69, 9.17) is 0 Å². The van der Waals surface area contributed by atoms with Crippen molar-refractivity contribution in [2.75, 3.05) is 0 Å². The highest BCUT2D eigenvalue weighted by atomic mass is 28.3. The summed E-state index contributed by atoms with van der Waals surface area (Å²) in [5.74, 6) is 0. The molecule has 0 aliphatic heterocycles. The van der Waals surface area contributed by atoms with Gasteiger partial charge in [0, 0.05) is 119 Å². The van der Waals surface area contributed by atoms with Crippen LogP contribution >= 0.6 is 0 Å². The number of fused-ring (bicyclic) bond motifs is 20. The molecule has 21 rings (SSSR count). The molecule has 0 radical (unpaired) electrons. The Balaban J connectivity index is 0.000000100. The summed E-state index contributed by atoms with van der Waals surface area (Å²) in [6, 6.07) is 123. The van der Waals surface area contributed by atoms with Crippen molar-refractivity contribution in [1.29, 1.82) is 0 Å². The topological polar surface area (TPSA) is 29.6 Å². The summed E-state index contributed by atoms with van der Waals surface area (Å²) >= 11 is 0. The Morgan fingerprint density at radius 1 is 0.200 bits per heavy atom. The van der Waals surface area contributed by atoms with Gasteiger partial charge in [-0.25, -0.2) is 0 Å². The third-order valence-corrected chi connectivity index (χ3v) is 26.7. The van der Waals surface area contributed by atoms with Gasteiger partial charge in [0.1, 0.15) is 8.07 Å². The SMILES string of the molecule is Cc1ccc([Si](C)(c2ccccc2)c2ccccc2)cc1.Cc1ccc2c3c4c(ccc3n(-c3ccccc3)c2c1)c1ccccc1n4C.Cc1ccc2c3cc4c5ccccc5n(C)c4cc3n(-c3ccccc3)c2c1.Cc1ccc2c3ccc4c(c5ccccc5n4C)c3n(-c3ccccc3)c2c1. The van der Waals surface area contributed by atoms with Crippen LogP contribution in [0.5, 0.6) is 0 Å². The van der Waals surface area contributed by atoms with Crippen LogP contribution in [0.4, 0.5) is 0 Å². The van der Waals surface area contributed by atoms with Crippen LogP contribution in [0.1, 0.15) is 22.3 Å². The summed E-state index contributed by atoms with van der Waals surface area (Å²) in [5.41, 5.74) is 24.0. The number of aromatic nitrogens is 6. The molecule has 0 saturated carbocycles. The molecule has 0 amide bonds. The van der Waals surface area contributed by atoms with Gasteiger partial charge in [0.25, 0.3) is 0 Å². The molecule has 6 nitrogen and oxygen atoms in total. The largest absolute Gasteiger partial charge is 0.344 e. The molecule has 7 heteroatoms. The number of para-hydroxylation sites is 6. The summed E-state index contributed by atoms with van der Waals surface area (Å²) in [5, 5.41) is 20.1. The molecule has 105 heavy (non-hydrogen) atoms. The molecular formula is C98H80N6Si. The zero-order chi connectivity index (χ0) is 71.2. The van der Waals surface area contributed by atoms with Crippen molar-refractivity contribution in [3.63, 3.8) is 0 Å². The van der Waals surface area contributed by atoms with E-state index in [0.717, 1.165) is 0 Å². The normalized spacial score (nSPS) is 11.8. The fourth-order valence-corrected chi connectivity index (χ4v) is 20.6. The maximum Gasteiger partial charge on any atom is 0.145 e. The van der Waals surface area contributed by atoms with Crippen LogP contribution in [0.15, 0.2) is 340 Å². The number of nitrogens with zero attached hydrogens (tertiary/aromatic N) is 6. The van der Waals surface area contributed by atoms with E-state index in [1.54, 1.807) is 0 Å². The average molecular weight is 1370 g/mol. The minimum Gasteiger partial charge on any atom is -0.344 e. The molecule has 0 fully saturated rings. The van der Waals surface area contributed by atoms with Crippen LogP contribution in [0.2, 0.25) is 6.55 Å². The lowest BCUT2D eigenvalue weighted by Crippen LogP contribution is -2.64. The molecule has 0 aliphatic rings. The second-order valence-corrected chi connectivity index (χ2v) is 32.6. The fourth-order valence-electron chi connectivity index (χ4n) is 17.0. The monoisotopic (exact) mass is 1370 g/mol. The lowest BCUT2D eigenvalue weighted by molar-refractivity contribution is 1.01. The van der Waals surface area contributed by atoms with E-state index in [1.165, 1.54) is 186 Å². The Labute approximate surface area is 612 Å². The van der Waals surface area contributed by atoms with E-state index in [2.05, 4.69) is 423 Å². The van der Waals surface area contributed by atoms with Crippen LogP contribution in [0.25, 0.3) is 148 Å². The van der Waals surface area contributed by atoms with Gasteiger partial charge in [-0.15, -0.1) is 0 Å².